The van der Waals surface area contributed by atoms with Crippen molar-refractivity contribution in [3.63, 3.8) is 0 Å². The summed E-state index contributed by atoms with van der Waals surface area (Å²) >= 11 is 0. The van der Waals surface area contributed by atoms with Crippen LogP contribution in [0.2, 0.25) is 0 Å². The normalized spacial score (nSPS) is 11.8. The fraction of sp³-hybridized carbons (Fsp3) is 0.143. The highest BCUT2D eigenvalue weighted by Gasteiger charge is 2.39. The Morgan fingerprint density at radius 1 is 0.378 bits per heavy atom. The lowest BCUT2D eigenvalue weighted by Gasteiger charge is -2.48. The van der Waals surface area contributed by atoms with E-state index < -0.39 is 52.7 Å². The number of hydrogen-bond donors (Lipinski definition) is 0. The van der Waals surface area contributed by atoms with Crippen molar-refractivity contribution in [2.24, 2.45) is 0 Å². The summed E-state index contributed by atoms with van der Waals surface area (Å²) < 4.78 is 119. The molecule has 0 aliphatic rings. The lowest BCUT2D eigenvalue weighted by Crippen LogP contribution is -2.77. The number of benzene rings is 4. The van der Waals surface area contributed by atoms with Crippen LogP contribution in [0.3, 0.4) is 0 Å². The van der Waals surface area contributed by atoms with E-state index in [9.17, 15) is 17.6 Å². The molecule has 0 fully saturated rings. The smallest absolute Gasteiger partial charge is 0.207 e. The maximum Gasteiger partial charge on any atom is 1.00 e. The van der Waals surface area contributed by atoms with Gasteiger partial charge in [-0.25, -0.2) is 35.1 Å². The number of halogens is 8. The van der Waals surface area contributed by atoms with Crippen LogP contribution < -0.4 is 21.9 Å². The van der Waals surface area contributed by atoms with Gasteiger partial charge >= 0.3 is 1.43 Å². The molecule has 0 aromatic heterocycles. The fourth-order valence-corrected chi connectivity index (χ4v) is 5.47. The quantitative estimate of drug-likeness (QED) is 0.246. The van der Waals surface area contributed by atoms with Gasteiger partial charge in [0.25, 0.3) is 0 Å². The second kappa shape index (κ2) is 9.36. The molecule has 4 aromatic rings. The van der Waals surface area contributed by atoms with Crippen molar-refractivity contribution in [3.05, 3.63) is 117 Å². The minimum Gasteiger partial charge on any atom is -0.207 e. The SMILES string of the molecule is Cc1c(F)cc(F)cc1[B-](c1cc(F)cc(F)c1C)(c1cc(F)cc(F)c1C)c1cc(F)cc(F)c1C.[H+]. The summed E-state index contributed by atoms with van der Waals surface area (Å²) in [5.74, 6) is -8.71. The van der Waals surface area contributed by atoms with Gasteiger partial charge in [-0.2, -0.15) is 21.9 Å². The Hall–Kier alpha value is -3.62. The Morgan fingerprint density at radius 2 is 0.568 bits per heavy atom. The first-order valence-electron chi connectivity index (χ1n) is 11.3. The van der Waals surface area contributed by atoms with Crippen LogP contribution in [0.5, 0.6) is 0 Å². The maximum absolute atomic E-state index is 15.0. The van der Waals surface area contributed by atoms with E-state index in [0.717, 1.165) is 24.3 Å². The van der Waals surface area contributed by atoms with Crippen molar-refractivity contribution in [1.82, 2.24) is 0 Å². The van der Waals surface area contributed by atoms with E-state index >= 15 is 17.6 Å². The summed E-state index contributed by atoms with van der Waals surface area (Å²) in [5, 5.41) is 0. The number of hydrogen-bond acceptors (Lipinski definition) is 0. The first-order valence-corrected chi connectivity index (χ1v) is 11.3. The molecule has 0 saturated heterocycles. The predicted octanol–water partition coefficient (Wildman–Crippen LogP) is 5.52. The fourth-order valence-electron chi connectivity index (χ4n) is 5.47. The van der Waals surface area contributed by atoms with Gasteiger partial charge in [-0.15, -0.1) is 0 Å². The molecule has 0 heterocycles. The van der Waals surface area contributed by atoms with Crippen LogP contribution in [-0.4, -0.2) is 6.15 Å². The maximum atomic E-state index is 15.0. The molecule has 0 N–H and O–H groups in total. The van der Waals surface area contributed by atoms with E-state index in [1.54, 1.807) is 0 Å². The molecule has 0 amide bonds. The Bertz CT molecular complexity index is 1330. The van der Waals surface area contributed by atoms with Crippen LogP contribution in [0, 0.1) is 74.2 Å². The molecule has 192 valence electrons. The topological polar surface area (TPSA) is 0 Å². The van der Waals surface area contributed by atoms with Crippen molar-refractivity contribution < 1.29 is 36.5 Å². The van der Waals surface area contributed by atoms with Gasteiger partial charge in [-0.05, 0) is 49.9 Å². The van der Waals surface area contributed by atoms with Crippen LogP contribution >= 0.6 is 0 Å². The zero-order valence-corrected chi connectivity index (χ0v) is 20.2. The molecule has 0 saturated carbocycles. The molecular formula is C28H21BF8. The van der Waals surface area contributed by atoms with Gasteiger partial charge in [0.2, 0.25) is 0 Å². The van der Waals surface area contributed by atoms with Gasteiger partial charge in [0.05, 0.1) is 0 Å². The van der Waals surface area contributed by atoms with Gasteiger partial charge in [-0.3, -0.25) is 0 Å². The molecule has 37 heavy (non-hydrogen) atoms. The minimum atomic E-state index is -3.39. The second-order valence-corrected chi connectivity index (χ2v) is 9.27. The first kappa shape index (κ1) is 26.4. The first-order chi connectivity index (χ1) is 17.3. The highest BCUT2D eigenvalue weighted by molar-refractivity contribution is 7.20. The molecule has 4 aromatic carbocycles. The van der Waals surface area contributed by atoms with E-state index in [2.05, 4.69) is 0 Å². The molecule has 0 aliphatic heterocycles. The summed E-state index contributed by atoms with van der Waals surface area (Å²) in [5.41, 5.74) is -2.09. The molecule has 0 spiro atoms. The third-order valence-corrected chi connectivity index (χ3v) is 7.26. The third kappa shape index (κ3) is 4.20. The predicted molar refractivity (Wildman–Crippen MR) is 130 cm³/mol. The van der Waals surface area contributed by atoms with Crippen molar-refractivity contribution >= 4 is 28.0 Å². The second-order valence-electron chi connectivity index (χ2n) is 9.27. The average molecular weight is 520 g/mol. The van der Waals surface area contributed by atoms with Crippen molar-refractivity contribution in [2.75, 3.05) is 0 Å². The Labute approximate surface area is 210 Å². The lowest BCUT2D eigenvalue weighted by molar-refractivity contribution is 0.579. The highest BCUT2D eigenvalue weighted by Crippen LogP contribution is 2.23. The number of rotatable bonds is 4. The molecule has 0 atom stereocenters. The molecule has 0 unspecified atom stereocenters. The van der Waals surface area contributed by atoms with Crippen LogP contribution in [-0.2, 0) is 0 Å². The Kier molecular flexibility index (Phi) is 6.69. The summed E-state index contributed by atoms with van der Waals surface area (Å²) in [6.45, 7) is 4.95. The van der Waals surface area contributed by atoms with Crippen LogP contribution in [0.15, 0.2) is 48.5 Å². The van der Waals surface area contributed by atoms with Crippen molar-refractivity contribution in [1.29, 1.82) is 0 Å². The van der Waals surface area contributed by atoms with Crippen LogP contribution in [0.4, 0.5) is 35.1 Å². The zero-order valence-electron chi connectivity index (χ0n) is 21.2. The van der Waals surface area contributed by atoms with E-state index in [-0.39, 0.29) is 45.5 Å². The van der Waals surface area contributed by atoms with Crippen LogP contribution in [0.25, 0.3) is 0 Å². The Balaban J connectivity index is 0.00000400. The van der Waals surface area contributed by atoms with Crippen molar-refractivity contribution in [3.8, 4) is 0 Å². The Morgan fingerprint density at radius 3 is 0.757 bits per heavy atom. The summed E-state index contributed by atoms with van der Waals surface area (Å²) in [4.78, 5) is 0. The summed E-state index contributed by atoms with van der Waals surface area (Å²) in [6, 6.07) is 5.67. The molecule has 9 heteroatoms. The summed E-state index contributed by atoms with van der Waals surface area (Å²) in [7, 11) is 0. The van der Waals surface area contributed by atoms with E-state index in [1.165, 1.54) is 27.7 Å². The molecule has 0 bridgehead atoms. The van der Waals surface area contributed by atoms with E-state index in [0.29, 0.717) is 24.3 Å². The highest BCUT2D eigenvalue weighted by atomic mass is 19.2. The minimum absolute atomic E-state index is 0. The largest absolute Gasteiger partial charge is 1.00 e. The zero-order chi connectivity index (χ0) is 27.4. The average Bonchev–Trinajstić information content (AvgIpc) is 2.80. The van der Waals surface area contributed by atoms with Crippen LogP contribution in [0.1, 0.15) is 23.7 Å². The molecule has 4 rings (SSSR count). The molecular weight excluding hydrogens is 499 g/mol. The van der Waals surface area contributed by atoms with E-state index in [1.807, 2.05) is 0 Å². The van der Waals surface area contributed by atoms with E-state index in [4.69, 9.17) is 0 Å². The molecule has 0 radical (unpaired) electrons. The third-order valence-electron chi connectivity index (χ3n) is 7.26. The molecule has 0 nitrogen and oxygen atoms in total. The van der Waals surface area contributed by atoms with Gasteiger partial charge in [0.15, 0.2) is 0 Å². The monoisotopic (exact) mass is 520 g/mol. The van der Waals surface area contributed by atoms with Gasteiger partial charge < -0.3 is 0 Å². The van der Waals surface area contributed by atoms with Gasteiger partial charge in [-0.1, -0.05) is 24.3 Å². The summed E-state index contributed by atoms with van der Waals surface area (Å²) in [6.07, 6.45) is -3.39. The van der Waals surface area contributed by atoms with Gasteiger partial charge in [0.1, 0.15) is 52.7 Å². The van der Waals surface area contributed by atoms with Gasteiger partial charge in [0, 0.05) is 24.3 Å². The lowest BCUT2D eigenvalue weighted by atomic mass is 9.11. The van der Waals surface area contributed by atoms with Crippen molar-refractivity contribution in [2.45, 2.75) is 27.7 Å². The standard InChI is InChI=1S/C28H20BF8/c1-13-21(5-17(30)9-25(13)34)29(22-6-18(31)10-26(35)14(22)2,23-7-19(32)11-27(36)15(23)3)24-8-20(33)12-28(37)16(24)4/h5-12H,1-4H3/q-1/p+1. The molecule has 0 aliphatic carbocycles.